The van der Waals surface area contributed by atoms with Crippen molar-refractivity contribution in [3.8, 4) is 5.75 Å². The molecule has 0 radical (unpaired) electrons. The van der Waals surface area contributed by atoms with Crippen molar-refractivity contribution in [3.63, 3.8) is 0 Å². The summed E-state index contributed by atoms with van der Waals surface area (Å²) < 4.78 is 5.20. The summed E-state index contributed by atoms with van der Waals surface area (Å²) in [5.41, 5.74) is 0.741. The van der Waals surface area contributed by atoms with Gasteiger partial charge in [0, 0.05) is 42.3 Å². The fraction of sp³-hybridized carbons (Fsp3) is 0.263. The average molecular weight is 469 g/mol. The highest BCUT2D eigenvalue weighted by Gasteiger charge is 2.26. The lowest BCUT2D eigenvalue weighted by atomic mass is 10.2. The fourth-order valence-electron chi connectivity index (χ4n) is 3.16. The molecule has 30 heavy (non-hydrogen) atoms. The average Bonchev–Trinajstić information content (AvgIpc) is 2.73. The Bertz CT molecular complexity index is 996. The highest BCUT2D eigenvalue weighted by atomic mass is 35.5. The summed E-state index contributed by atoms with van der Waals surface area (Å²) in [6.45, 7) is 1.98. The predicted molar refractivity (Wildman–Crippen MR) is 120 cm³/mol. The van der Waals surface area contributed by atoms with Gasteiger partial charge < -0.3 is 14.5 Å². The molecule has 1 aliphatic heterocycles. The van der Waals surface area contributed by atoms with Crippen LogP contribution in [0.1, 0.15) is 10.4 Å². The van der Waals surface area contributed by atoms with Crippen LogP contribution in [0, 0.1) is 10.1 Å². The van der Waals surface area contributed by atoms with E-state index in [2.05, 4.69) is 5.32 Å². The first-order chi connectivity index (χ1) is 14.3. The third kappa shape index (κ3) is 4.92. The highest BCUT2D eigenvalue weighted by Crippen LogP contribution is 2.31. The molecule has 0 atom stereocenters. The number of nitro benzene ring substituents is 1. The molecule has 1 N–H and O–H groups in total. The first-order valence-electron chi connectivity index (χ1n) is 8.93. The van der Waals surface area contributed by atoms with Crippen LogP contribution < -0.4 is 15.0 Å². The standard InChI is InChI=1S/C19H18Cl2N4O4S/c1-29-17-5-3-12(20)10-14(17)18(26)22-19(30)24-8-6-23(7-9-24)15-4-2-13(21)11-16(15)25(27)28/h2-5,10-11H,6-9H2,1H3,(H,22,26,30). The first-order valence-corrected chi connectivity index (χ1v) is 10.1. The number of methoxy groups -OCH3 is 1. The summed E-state index contributed by atoms with van der Waals surface area (Å²) in [5, 5.41) is 15.0. The Morgan fingerprint density at radius 2 is 1.77 bits per heavy atom. The number of nitro groups is 1. The number of hydrogen-bond acceptors (Lipinski definition) is 6. The molecule has 1 saturated heterocycles. The van der Waals surface area contributed by atoms with Crippen LogP contribution in [0.2, 0.25) is 10.0 Å². The number of carbonyl (C=O) groups excluding carboxylic acids is 1. The van der Waals surface area contributed by atoms with Crippen LogP contribution >= 0.6 is 35.4 Å². The van der Waals surface area contributed by atoms with E-state index in [1.165, 1.54) is 19.2 Å². The maximum atomic E-state index is 12.6. The Hall–Kier alpha value is -2.62. The summed E-state index contributed by atoms with van der Waals surface area (Å²) >= 11 is 17.2. The Balaban J connectivity index is 1.64. The smallest absolute Gasteiger partial charge is 0.294 e. The molecule has 11 heteroatoms. The van der Waals surface area contributed by atoms with Gasteiger partial charge in [-0.05, 0) is 42.5 Å². The van der Waals surface area contributed by atoms with E-state index in [1.807, 2.05) is 9.80 Å². The fourth-order valence-corrected chi connectivity index (χ4v) is 3.78. The van der Waals surface area contributed by atoms with Gasteiger partial charge in [-0.2, -0.15) is 0 Å². The third-order valence-electron chi connectivity index (χ3n) is 4.67. The van der Waals surface area contributed by atoms with Gasteiger partial charge in [0.05, 0.1) is 17.6 Å². The van der Waals surface area contributed by atoms with Crippen molar-refractivity contribution in [2.24, 2.45) is 0 Å². The van der Waals surface area contributed by atoms with Crippen LogP contribution in [-0.4, -0.2) is 54.1 Å². The van der Waals surface area contributed by atoms with Crippen LogP contribution in [-0.2, 0) is 0 Å². The van der Waals surface area contributed by atoms with Crippen molar-refractivity contribution in [1.29, 1.82) is 0 Å². The molecule has 3 rings (SSSR count). The summed E-state index contributed by atoms with van der Waals surface area (Å²) in [6.07, 6.45) is 0. The Morgan fingerprint density at radius 1 is 1.13 bits per heavy atom. The summed E-state index contributed by atoms with van der Waals surface area (Å²) in [5.74, 6) is -0.0327. The second kappa shape index (κ2) is 9.46. The zero-order valence-corrected chi connectivity index (χ0v) is 18.3. The van der Waals surface area contributed by atoms with Gasteiger partial charge >= 0.3 is 0 Å². The van der Waals surface area contributed by atoms with Gasteiger partial charge in [-0.1, -0.05) is 23.2 Å². The molecule has 0 unspecified atom stereocenters. The lowest BCUT2D eigenvalue weighted by Gasteiger charge is -2.37. The van der Waals surface area contributed by atoms with Crippen molar-refractivity contribution in [1.82, 2.24) is 10.2 Å². The van der Waals surface area contributed by atoms with E-state index >= 15 is 0 Å². The minimum atomic E-state index is -0.448. The third-order valence-corrected chi connectivity index (χ3v) is 5.50. The van der Waals surface area contributed by atoms with Gasteiger partial charge in [0.25, 0.3) is 11.6 Å². The minimum absolute atomic E-state index is 0.0418. The summed E-state index contributed by atoms with van der Waals surface area (Å²) in [7, 11) is 1.47. The number of thiocarbonyl (C=S) groups is 1. The summed E-state index contributed by atoms with van der Waals surface area (Å²) in [4.78, 5) is 27.2. The van der Waals surface area contributed by atoms with Gasteiger partial charge in [-0.15, -0.1) is 0 Å². The van der Waals surface area contributed by atoms with E-state index in [9.17, 15) is 14.9 Å². The largest absolute Gasteiger partial charge is 0.496 e. The number of ether oxygens (including phenoxy) is 1. The Kier molecular flexibility index (Phi) is 6.96. The van der Waals surface area contributed by atoms with Crippen LogP contribution in [0.25, 0.3) is 0 Å². The van der Waals surface area contributed by atoms with Crippen molar-refractivity contribution >= 4 is 57.8 Å². The van der Waals surface area contributed by atoms with Crippen LogP contribution in [0.5, 0.6) is 5.75 Å². The molecule has 8 nitrogen and oxygen atoms in total. The number of amides is 1. The second-order valence-electron chi connectivity index (χ2n) is 6.47. The molecule has 0 bridgehead atoms. The van der Waals surface area contributed by atoms with Gasteiger partial charge in [-0.3, -0.25) is 20.2 Å². The van der Waals surface area contributed by atoms with Crippen molar-refractivity contribution < 1.29 is 14.5 Å². The molecule has 1 fully saturated rings. The SMILES string of the molecule is COc1ccc(Cl)cc1C(=O)NC(=S)N1CCN(c2ccc(Cl)cc2[N+](=O)[O-])CC1. The number of halogens is 2. The van der Waals surface area contributed by atoms with E-state index < -0.39 is 10.8 Å². The number of piperazine rings is 1. The Labute approximate surface area is 188 Å². The number of anilines is 1. The molecule has 0 saturated carbocycles. The van der Waals surface area contributed by atoms with Gasteiger partial charge in [0.2, 0.25) is 0 Å². The Morgan fingerprint density at radius 3 is 2.40 bits per heavy atom. The van der Waals surface area contributed by atoms with Crippen molar-refractivity contribution in [2.75, 3.05) is 38.2 Å². The maximum Gasteiger partial charge on any atom is 0.294 e. The zero-order chi connectivity index (χ0) is 21.8. The molecular formula is C19H18Cl2N4O4S. The molecule has 2 aromatic carbocycles. The molecule has 0 aromatic heterocycles. The monoisotopic (exact) mass is 468 g/mol. The molecular weight excluding hydrogens is 451 g/mol. The number of nitrogens with one attached hydrogen (secondary N) is 1. The number of nitrogens with zero attached hydrogens (tertiary/aromatic N) is 3. The second-order valence-corrected chi connectivity index (χ2v) is 7.73. The van der Waals surface area contributed by atoms with E-state index in [4.69, 9.17) is 40.2 Å². The van der Waals surface area contributed by atoms with E-state index in [1.54, 1.807) is 24.3 Å². The molecule has 1 heterocycles. The highest BCUT2D eigenvalue weighted by molar-refractivity contribution is 7.80. The lowest BCUT2D eigenvalue weighted by Crippen LogP contribution is -2.52. The van der Waals surface area contributed by atoms with Gasteiger partial charge in [-0.25, -0.2) is 0 Å². The maximum absolute atomic E-state index is 12.6. The number of rotatable bonds is 4. The van der Waals surface area contributed by atoms with E-state index in [0.29, 0.717) is 47.7 Å². The van der Waals surface area contributed by atoms with E-state index in [0.717, 1.165) is 0 Å². The molecule has 0 aliphatic carbocycles. The summed E-state index contributed by atoms with van der Waals surface area (Å²) in [6, 6.07) is 9.35. The lowest BCUT2D eigenvalue weighted by molar-refractivity contribution is -0.384. The first kappa shape index (κ1) is 22.1. The van der Waals surface area contributed by atoms with E-state index in [-0.39, 0.29) is 16.4 Å². The molecule has 158 valence electrons. The molecule has 0 spiro atoms. The van der Waals surface area contributed by atoms with Crippen molar-refractivity contribution in [3.05, 3.63) is 62.1 Å². The molecule has 1 aliphatic rings. The normalized spacial score (nSPS) is 13.7. The van der Waals surface area contributed by atoms with Crippen LogP contribution in [0.15, 0.2) is 36.4 Å². The number of carbonyl (C=O) groups is 1. The predicted octanol–water partition coefficient (Wildman–Crippen LogP) is 3.75. The van der Waals surface area contributed by atoms with Crippen molar-refractivity contribution in [2.45, 2.75) is 0 Å². The minimum Gasteiger partial charge on any atom is -0.496 e. The van der Waals surface area contributed by atoms with Crippen LogP contribution in [0.4, 0.5) is 11.4 Å². The zero-order valence-electron chi connectivity index (χ0n) is 15.9. The number of hydrogen-bond donors (Lipinski definition) is 1. The number of benzene rings is 2. The van der Waals surface area contributed by atoms with Gasteiger partial charge in [0.15, 0.2) is 5.11 Å². The quantitative estimate of drug-likeness (QED) is 0.415. The topological polar surface area (TPSA) is 88.0 Å². The van der Waals surface area contributed by atoms with Gasteiger partial charge in [0.1, 0.15) is 11.4 Å². The molecule has 1 amide bonds. The van der Waals surface area contributed by atoms with Crippen LogP contribution in [0.3, 0.4) is 0 Å². The molecule has 2 aromatic rings.